The number of amides is 1. The molecule has 0 aromatic heterocycles. The van der Waals surface area contributed by atoms with Crippen molar-refractivity contribution in [3.8, 4) is 11.5 Å². The van der Waals surface area contributed by atoms with E-state index >= 15 is 0 Å². The fourth-order valence-electron chi connectivity index (χ4n) is 4.48. The van der Waals surface area contributed by atoms with Crippen LogP contribution in [0.3, 0.4) is 0 Å². The summed E-state index contributed by atoms with van der Waals surface area (Å²) in [5, 5.41) is 11.8. The van der Waals surface area contributed by atoms with E-state index in [-0.39, 0.29) is 39.8 Å². The molecule has 4 rings (SSSR count). The number of methoxy groups -OCH3 is 2. The van der Waals surface area contributed by atoms with Crippen molar-refractivity contribution in [1.29, 1.82) is 0 Å². The van der Waals surface area contributed by atoms with Gasteiger partial charge in [0.25, 0.3) is 11.7 Å². The fourth-order valence-corrected chi connectivity index (χ4v) is 4.83. The molecule has 1 saturated heterocycles. The van der Waals surface area contributed by atoms with E-state index in [0.717, 1.165) is 0 Å². The number of aliphatic hydroxyl groups is 1. The Bertz CT molecular complexity index is 1460. The van der Waals surface area contributed by atoms with Crippen LogP contribution in [0.2, 0.25) is 5.02 Å². The predicted molar refractivity (Wildman–Crippen MR) is 143 cm³/mol. The Morgan fingerprint density at radius 3 is 2.45 bits per heavy atom. The van der Waals surface area contributed by atoms with E-state index in [1.807, 2.05) is 0 Å². The van der Waals surface area contributed by atoms with Gasteiger partial charge in [-0.2, -0.15) is 0 Å². The Morgan fingerprint density at radius 2 is 1.76 bits per heavy atom. The molecular weight excluding hydrogens is 510 g/mol. The molecule has 8 nitrogen and oxygen atoms in total. The number of carbonyl (C=O) groups is 3. The van der Waals surface area contributed by atoms with Gasteiger partial charge in [-0.3, -0.25) is 14.5 Å². The maximum atomic E-state index is 13.5. The third kappa shape index (κ3) is 4.82. The highest BCUT2D eigenvalue weighted by atomic mass is 35.5. The SMILES string of the molecule is CCOC(=O)c1cccc(N2C(=O)C(=O)/C(=C(/O)c3cc(C)cc(Cl)c3OC)C2c2cccc(OC)c2)c1. The van der Waals surface area contributed by atoms with Gasteiger partial charge in [-0.1, -0.05) is 29.8 Å². The number of ketones is 1. The largest absolute Gasteiger partial charge is 0.507 e. The van der Waals surface area contributed by atoms with Crippen LogP contribution >= 0.6 is 11.6 Å². The van der Waals surface area contributed by atoms with Gasteiger partial charge in [0, 0.05) is 5.69 Å². The van der Waals surface area contributed by atoms with E-state index in [0.29, 0.717) is 16.9 Å². The quantitative estimate of drug-likeness (QED) is 0.185. The van der Waals surface area contributed by atoms with E-state index < -0.39 is 29.5 Å². The van der Waals surface area contributed by atoms with Crippen LogP contribution in [-0.2, 0) is 14.3 Å². The first-order chi connectivity index (χ1) is 18.2. The highest BCUT2D eigenvalue weighted by Gasteiger charge is 2.47. The molecule has 0 spiro atoms. The van der Waals surface area contributed by atoms with Crippen molar-refractivity contribution in [2.24, 2.45) is 0 Å². The van der Waals surface area contributed by atoms with Crippen molar-refractivity contribution in [2.45, 2.75) is 19.9 Å². The molecule has 0 saturated carbocycles. The molecular formula is C29H26ClNO7. The molecule has 1 N–H and O–H groups in total. The van der Waals surface area contributed by atoms with Gasteiger partial charge in [-0.15, -0.1) is 0 Å². The summed E-state index contributed by atoms with van der Waals surface area (Å²) in [6, 6.07) is 15.3. The van der Waals surface area contributed by atoms with Crippen molar-refractivity contribution < 1.29 is 33.7 Å². The Kier molecular flexibility index (Phi) is 7.73. The molecule has 38 heavy (non-hydrogen) atoms. The van der Waals surface area contributed by atoms with Gasteiger partial charge in [0.2, 0.25) is 0 Å². The first-order valence-corrected chi connectivity index (χ1v) is 12.2. The van der Waals surface area contributed by atoms with Gasteiger partial charge in [0.15, 0.2) is 0 Å². The van der Waals surface area contributed by atoms with Crippen LogP contribution in [0, 0.1) is 6.92 Å². The normalized spacial score (nSPS) is 16.4. The van der Waals surface area contributed by atoms with Gasteiger partial charge in [0.1, 0.15) is 17.3 Å². The Morgan fingerprint density at radius 1 is 1.03 bits per heavy atom. The van der Waals surface area contributed by atoms with Gasteiger partial charge in [-0.05, 0) is 67.4 Å². The molecule has 0 bridgehead atoms. The lowest BCUT2D eigenvalue weighted by Gasteiger charge is -2.26. The van der Waals surface area contributed by atoms with Crippen molar-refractivity contribution >= 4 is 40.7 Å². The third-order valence-electron chi connectivity index (χ3n) is 6.14. The van der Waals surface area contributed by atoms with E-state index in [4.69, 9.17) is 25.8 Å². The number of hydrogen-bond donors (Lipinski definition) is 1. The minimum atomic E-state index is -1.05. The molecule has 1 atom stereocenters. The number of benzene rings is 3. The van der Waals surface area contributed by atoms with Crippen LogP contribution in [0.5, 0.6) is 11.5 Å². The topological polar surface area (TPSA) is 102 Å². The smallest absolute Gasteiger partial charge is 0.338 e. The van der Waals surface area contributed by atoms with Crippen LogP contribution in [0.25, 0.3) is 5.76 Å². The van der Waals surface area contributed by atoms with Crippen molar-refractivity contribution in [2.75, 3.05) is 25.7 Å². The minimum Gasteiger partial charge on any atom is -0.507 e. The molecule has 1 fully saturated rings. The minimum absolute atomic E-state index is 0.162. The molecule has 9 heteroatoms. The fraction of sp³-hybridized carbons (Fsp3) is 0.207. The summed E-state index contributed by atoms with van der Waals surface area (Å²) < 4.78 is 15.9. The Labute approximate surface area is 225 Å². The number of rotatable bonds is 7. The molecule has 1 unspecified atom stereocenters. The molecule has 3 aromatic carbocycles. The second-order valence-electron chi connectivity index (χ2n) is 8.54. The Balaban J connectivity index is 1.99. The number of aryl methyl sites for hydroxylation is 1. The second-order valence-corrected chi connectivity index (χ2v) is 8.95. The van der Waals surface area contributed by atoms with E-state index in [9.17, 15) is 19.5 Å². The average molecular weight is 536 g/mol. The van der Waals surface area contributed by atoms with Crippen LogP contribution < -0.4 is 14.4 Å². The number of halogens is 1. The highest BCUT2D eigenvalue weighted by Crippen LogP contribution is 2.45. The summed E-state index contributed by atoms with van der Waals surface area (Å²) in [4.78, 5) is 40.7. The third-order valence-corrected chi connectivity index (χ3v) is 6.42. The van der Waals surface area contributed by atoms with E-state index in [2.05, 4.69) is 0 Å². The maximum Gasteiger partial charge on any atom is 0.338 e. The van der Waals surface area contributed by atoms with Crippen molar-refractivity contribution in [1.82, 2.24) is 0 Å². The number of ether oxygens (including phenoxy) is 3. The van der Waals surface area contributed by atoms with Crippen LogP contribution in [0.1, 0.15) is 40.0 Å². The zero-order valence-electron chi connectivity index (χ0n) is 21.3. The second kappa shape index (κ2) is 11.0. The van der Waals surface area contributed by atoms with Gasteiger partial charge in [0.05, 0.1) is 48.6 Å². The van der Waals surface area contributed by atoms with Crippen molar-refractivity contribution in [3.05, 3.63) is 93.5 Å². The first kappa shape index (κ1) is 26.8. The summed E-state index contributed by atoms with van der Waals surface area (Å²) in [6.07, 6.45) is 0. The lowest BCUT2D eigenvalue weighted by Crippen LogP contribution is -2.29. The first-order valence-electron chi connectivity index (χ1n) is 11.8. The molecule has 1 aliphatic rings. The number of esters is 1. The number of aliphatic hydroxyl groups excluding tert-OH is 1. The summed E-state index contributed by atoms with van der Waals surface area (Å²) in [7, 11) is 2.89. The zero-order valence-corrected chi connectivity index (χ0v) is 22.0. The molecule has 0 aliphatic carbocycles. The predicted octanol–water partition coefficient (Wildman–Crippen LogP) is 5.47. The molecule has 196 valence electrons. The van der Waals surface area contributed by atoms with Crippen LogP contribution in [0.4, 0.5) is 5.69 Å². The molecule has 1 amide bonds. The van der Waals surface area contributed by atoms with Crippen LogP contribution in [-0.4, -0.2) is 43.6 Å². The lowest BCUT2D eigenvalue weighted by atomic mass is 9.94. The van der Waals surface area contributed by atoms with Crippen LogP contribution in [0.15, 0.2) is 66.2 Å². The van der Waals surface area contributed by atoms with Gasteiger partial charge in [-0.25, -0.2) is 4.79 Å². The summed E-state index contributed by atoms with van der Waals surface area (Å²) in [5.41, 5.74) is 1.71. The number of carbonyl (C=O) groups excluding carboxylic acids is 3. The van der Waals surface area contributed by atoms with Gasteiger partial charge < -0.3 is 19.3 Å². The van der Waals surface area contributed by atoms with E-state index in [1.54, 1.807) is 68.4 Å². The monoisotopic (exact) mass is 535 g/mol. The maximum absolute atomic E-state index is 13.5. The highest BCUT2D eigenvalue weighted by molar-refractivity contribution is 6.51. The number of Topliss-reactive ketones (excluding diaryl/α,β-unsaturated/α-hetero) is 1. The number of anilines is 1. The van der Waals surface area contributed by atoms with Crippen molar-refractivity contribution in [3.63, 3.8) is 0 Å². The van der Waals surface area contributed by atoms with Gasteiger partial charge >= 0.3 is 5.97 Å². The summed E-state index contributed by atoms with van der Waals surface area (Å²) in [5.74, 6) is -2.14. The Hall–Kier alpha value is -4.30. The number of hydrogen-bond acceptors (Lipinski definition) is 7. The summed E-state index contributed by atoms with van der Waals surface area (Å²) in [6.45, 7) is 3.65. The zero-order chi connectivity index (χ0) is 27.6. The molecule has 1 aliphatic heterocycles. The molecule has 0 radical (unpaired) electrons. The number of nitrogens with zero attached hydrogens (tertiary/aromatic N) is 1. The average Bonchev–Trinajstić information content (AvgIpc) is 3.18. The van der Waals surface area contributed by atoms with E-state index in [1.165, 1.54) is 25.2 Å². The standard InChI is InChI=1S/C29H26ClNO7/c1-5-38-29(35)18-9-6-10-19(14-18)31-24(17-8-7-11-20(15-17)36-3)23(26(33)28(31)34)25(32)21-12-16(2)13-22(30)27(21)37-4/h6-15,24,32H,5H2,1-4H3/b25-23+. The molecule has 1 heterocycles. The molecule has 3 aromatic rings. The lowest BCUT2D eigenvalue weighted by molar-refractivity contribution is -0.132. The summed E-state index contributed by atoms with van der Waals surface area (Å²) >= 11 is 6.36.